The second-order valence-corrected chi connectivity index (χ2v) is 6.03. The van der Waals surface area contributed by atoms with E-state index in [9.17, 15) is 17.6 Å². The minimum Gasteiger partial charge on any atom is -0.399 e. The molecule has 7 nitrogen and oxygen atoms in total. The number of ether oxygens (including phenoxy) is 1. The topological polar surface area (TPSA) is 111 Å². The van der Waals surface area contributed by atoms with Crippen LogP contribution in [0.15, 0.2) is 17.0 Å². The van der Waals surface area contributed by atoms with E-state index < -0.39 is 28.3 Å². The molecule has 21 heavy (non-hydrogen) atoms. The number of rotatable bonds is 7. The number of benzene rings is 1. The number of nitrogens with one attached hydrogen (secondary N) is 2. The number of hydrogen-bond donors (Lipinski definition) is 3. The second kappa shape index (κ2) is 7.34. The Kier molecular flexibility index (Phi) is 6.06. The highest BCUT2D eigenvalue weighted by atomic mass is 32.2. The Balaban J connectivity index is 2.77. The van der Waals surface area contributed by atoms with Crippen molar-refractivity contribution in [3.63, 3.8) is 0 Å². The fourth-order valence-electron chi connectivity index (χ4n) is 1.55. The molecule has 0 aliphatic heterocycles. The van der Waals surface area contributed by atoms with Crippen LogP contribution in [0.25, 0.3) is 0 Å². The number of hydrogen-bond acceptors (Lipinski definition) is 5. The highest BCUT2D eigenvalue weighted by Gasteiger charge is 2.20. The fourth-order valence-corrected chi connectivity index (χ4v) is 2.81. The first-order valence-electron chi connectivity index (χ1n) is 6.09. The zero-order valence-electron chi connectivity index (χ0n) is 11.8. The molecule has 118 valence electrons. The van der Waals surface area contributed by atoms with Gasteiger partial charge in [-0.25, -0.2) is 17.5 Å². The number of halogens is 1. The van der Waals surface area contributed by atoms with Crippen LogP contribution >= 0.6 is 0 Å². The number of amides is 1. The number of anilines is 1. The molecular formula is C12H18FN3O4S. The Morgan fingerprint density at radius 3 is 2.71 bits per heavy atom. The average molecular weight is 319 g/mol. The lowest BCUT2D eigenvalue weighted by Crippen LogP contribution is -2.38. The molecule has 0 atom stereocenters. The van der Waals surface area contributed by atoms with Gasteiger partial charge in [0.05, 0.1) is 18.0 Å². The molecule has 0 saturated carbocycles. The summed E-state index contributed by atoms with van der Waals surface area (Å²) in [5.41, 5.74) is 5.37. The van der Waals surface area contributed by atoms with Crippen molar-refractivity contribution in [3.05, 3.63) is 23.5 Å². The lowest BCUT2D eigenvalue weighted by Gasteiger charge is -2.11. The minimum absolute atomic E-state index is 0.0111. The zero-order chi connectivity index (χ0) is 16.0. The van der Waals surface area contributed by atoms with Crippen LogP contribution in [0.1, 0.15) is 5.56 Å². The van der Waals surface area contributed by atoms with E-state index in [1.54, 1.807) is 0 Å². The van der Waals surface area contributed by atoms with Crippen molar-refractivity contribution < 1.29 is 22.3 Å². The molecule has 0 aliphatic rings. The van der Waals surface area contributed by atoms with Gasteiger partial charge in [-0.15, -0.1) is 0 Å². The normalized spacial score (nSPS) is 11.4. The summed E-state index contributed by atoms with van der Waals surface area (Å²) < 4.78 is 44.5. The van der Waals surface area contributed by atoms with Crippen LogP contribution in [-0.4, -0.2) is 41.1 Å². The van der Waals surface area contributed by atoms with Crippen LogP contribution in [0.5, 0.6) is 0 Å². The van der Waals surface area contributed by atoms with Gasteiger partial charge in [0.2, 0.25) is 15.9 Å². The van der Waals surface area contributed by atoms with E-state index >= 15 is 0 Å². The number of methoxy groups -OCH3 is 1. The fraction of sp³-hybridized carbons (Fsp3) is 0.417. The van der Waals surface area contributed by atoms with E-state index in [1.165, 1.54) is 14.0 Å². The van der Waals surface area contributed by atoms with Crippen molar-refractivity contribution in [3.8, 4) is 0 Å². The van der Waals surface area contributed by atoms with Gasteiger partial charge in [0.15, 0.2) is 0 Å². The third-order valence-electron chi connectivity index (χ3n) is 2.66. The molecule has 0 heterocycles. The van der Waals surface area contributed by atoms with E-state index in [-0.39, 0.29) is 22.7 Å². The number of sulfonamides is 1. The second-order valence-electron chi connectivity index (χ2n) is 4.29. The van der Waals surface area contributed by atoms with Crippen molar-refractivity contribution in [2.45, 2.75) is 11.8 Å². The molecule has 1 rings (SSSR count). The molecule has 0 radical (unpaired) electrons. The monoisotopic (exact) mass is 319 g/mol. The van der Waals surface area contributed by atoms with Gasteiger partial charge in [0, 0.05) is 24.9 Å². The SMILES string of the molecule is COCCNC(=O)CNS(=O)(=O)c1cc(N)cc(F)c1C. The zero-order valence-corrected chi connectivity index (χ0v) is 12.6. The highest BCUT2D eigenvalue weighted by molar-refractivity contribution is 7.89. The molecule has 0 fully saturated rings. The van der Waals surface area contributed by atoms with E-state index in [0.717, 1.165) is 12.1 Å². The number of nitrogen functional groups attached to an aromatic ring is 1. The molecular weight excluding hydrogens is 301 g/mol. The molecule has 1 amide bonds. The van der Waals surface area contributed by atoms with Crippen LogP contribution < -0.4 is 15.8 Å². The minimum atomic E-state index is -4.02. The molecule has 1 aromatic carbocycles. The van der Waals surface area contributed by atoms with Crippen molar-refractivity contribution >= 4 is 21.6 Å². The van der Waals surface area contributed by atoms with Crippen LogP contribution in [0.4, 0.5) is 10.1 Å². The third-order valence-corrected chi connectivity index (χ3v) is 4.19. The van der Waals surface area contributed by atoms with Gasteiger partial charge in [-0.1, -0.05) is 0 Å². The predicted molar refractivity (Wildman–Crippen MR) is 75.6 cm³/mol. The molecule has 9 heteroatoms. The standard InChI is InChI=1S/C12H18FN3O4S/c1-8-10(13)5-9(14)6-11(8)21(18,19)16-7-12(17)15-3-4-20-2/h5-6,16H,3-4,7,14H2,1-2H3,(H,15,17). The lowest BCUT2D eigenvalue weighted by molar-refractivity contribution is -0.120. The van der Waals surface area contributed by atoms with Crippen molar-refractivity contribution in [2.24, 2.45) is 0 Å². The van der Waals surface area contributed by atoms with E-state index in [0.29, 0.717) is 6.61 Å². The summed E-state index contributed by atoms with van der Waals surface area (Å²) in [7, 11) is -2.55. The summed E-state index contributed by atoms with van der Waals surface area (Å²) in [4.78, 5) is 11.1. The average Bonchev–Trinajstić information content (AvgIpc) is 2.41. The summed E-state index contributed by atoms with van der Waals surface area (Å²) in [6.45, 7) is 1.45. The first-order valence-corrected chi connectivity index (χ1v) is 7.57. The van der Waals surface area contributed by atoms with Gasteiger partial charge < -0.3 is 15.8 Å². The summed E-state index contributed by atoms with van der Waals surface area (Å²) in [6, 6.07) is 2.18. The third kappa shape index (κ3) is 4.96. The quantitative estimate of drug-likeness (QED) is 0.474. The van der Waals surface area contributed by atoms with Crippen LogP contribution in [-0.2, 0) is 19.6 Å². The molecule has 0 aliphatic carbocycles. The number of carbonyl (C=O) groups excluding carboxylic acids is 1. The molecule has 0 bridgehead atoms. The highest BCUT2D eigenvalue weighted by Crippen LogP contribution is 2.21. The number of carbonyl (C=O) groups is 1. The number of nitrogens with two attached hydrogens (primary N) is 1. The lowest BCUT2D eigenvalue weighted by atomic mass is 10.2. The van der Waals surface area contributed by atoms with Gasteiger partial charge in [-0.05, 0) is 19.1 Å². The van der Waals surface area contributed by atoms with Gasteiger partial charge in [-0.2, -0.15) is 0 Å². The van der Waals surface area contributed by atoms with E-state index in [1.807, 2.05) is 0 Å². The molecule has 0 unspecified atom stereocenters. The Morgan fingerprint density at radius 2 is 2.10 bits per heavy atom. The first kappa shape index (κ1) is 17.3. The van der Waals surface area contributed by atoms with Gasteiger partial charge in [0.25, 0.3) is 0 Å². The molecule has 4 N–H and O–H groups in total. The Hall–Kier alpha value is -1.71. The maximum Gasteiger partial charge on any atom is 0.241 e. The first-order chi connectivity index (χ1) is 9.77. The Bertz CT molecular complexity index is 619. The summed E-state index contributed by atoms with van der Waals surface area (Å²) in [5, 5.41) is 2.46. The van der Waals surface area contributed by atoms with E-state index in [2.05, 4.69) is 10.0 Å². The largest absolute Gasteiger partial charge is 0.399 e. The predicted octanol–water partition coefficient (Wildman–Crippen LogP) is -0.243. The maximum atomic E-state index is 13.5. The smallest absolute Gasteiger partial charge is 0.241 e. The molecule has 0 spiro atoms. The summed E-state index contributed by atoms with van der Waals surface area (Å²) >= 11 is 0. The van der Waals surface area contributed by atoms with Gasteiger partial charge >= 0.3 is 0 Å². The molecule has 0 aromatic heterocycles. The van der Waals surface area contributed by atoms with Gasteiger partial charge in [0.1, 0.15) is 5.82 Å². The Labute approximate surface area is 122 Å². The van der Waals surface area contributed by atoms with Crippen molar-refractivity contribution in [2.75, 3.05) is 32.5 Å². The van der Waals surface area contributed by atoms with Gasteiger partial charge in [-0.3, -0.25) is 4.79 Å². The summed E-state index contributed by atoms with van der Waals surface area (Å²) in [6.07, 6.45) is 0. The van der Waals surface area contributed by atoms with Crippen LogP contribution in [0.3, 0.4) is 0 Å². The van der Waals surface area contributed by atoms with Crippen LogP contribution in [0.2, 0.25) is 0 Å². The Morgan fingerprint density at radius 1 is 1.43 bits per heavy atom. The molecule has 1 aromatic rings. The summed E-state index contributed by atoms with van der Waals surface area (Å²) in [5.74, 6) is -1.24. The molecule has 0 saturated heterocycles. The maximum absolute atomic E-state index is 13.5. The van der Waals surface area contributed by atoms with E-state index in [4.69, 9.17) is 10.5 Å². The van der Waals surface area contributed by atoms with Crippen molar-refractivity contribution in [1.82, 2.24) is 10.0 Å². The van der Waals surface area contributed by atoms with Crippen LogP contribution in [0, 0.1) is 12.7 Å². The van der Waals surface area contributed by atoms with Crippen molar-refractivity contribution in [1.29, 1.82) is 0 Å².